The van der Waals surface area contributed by atoms with Gasteiger partial charge in [-0.3, -0.25) is 0 Å². The van der Waals surface area contributed by atoms with E-state index in [1.807, 2.05) is 0 Å². The summed E-state index contributed by atoms with van der Waals surface area (Å²) in [5.41, 5.74) is 3.91. The van der Waals surface area contributed by atoms with Gasteiger partial charge < -0.3 is 5.32 Å². The molecule has 0 amide bonds. The van der Waals surface area contributed by atoms with Crippen molar-refractivity contribution in [2.75, 3.05) is 6.54 Å². The van der Waals surface area contributed by atoms with Gasteiger partial charge in [0.1, 0.15) is 0 Å². The largest absolute Gasteiger partial charge is 0.310 e. The average molecular weight is 332 g/mol. The zero-order valence-corrected chi connectivity index (χ0v) is 13.8. The lowest BCUT2D eigenvalue weighted by molar-refractivity contribution is 0.518. The molecule has 0 spiro atoms. The zero-order chi connectivity index (χ0) is 14.4. The molecule has 0 aliphatic heterocycles. The molecule has 2 heteroatoms. The highest BCUT2D eigenvalue weighted by molar-refractivity contribution is 9.10. The Bertz CT molecular complexity index is 516. The summed E-state index contributed by atoms with van der Waals surface area (Å²) in [5, 5.41) is 3.60. The van der Waals surface area contributed by atoms with Crippen LogP contribution in [0.5, 0.6) is 0 Å². The second kappa shape index (κ2) is 7.61. The Labute approximate surface area is 130 Å². The Morgan fingerprint density at radius 3 is 1.95 bits per heavy atom. The molecule has 1 unspecified atom stereocenters. The Balaban J connectivity index is 2.14. The predicted octanol–water partition coefficient (Wildman–Crippen LogP) is 5.57. The molecule has 0 aliphatic rings. The van der Waals surface area contributed by atoms with Crippen LogP contribution in [0.2, 0.25) is 0 Å². The summed E-state index contributed by atoms with van der Waals surface area (Å²) in [7, 11) is 0. The van der Waals surface area contributed by atoms with Gasteiger partial charge in [0.2, 0.25) is 0 Å². The highest BCUT2D eigenvalue weighted by Gasteiger charge is 2.08. The molecule has 0 saturated carbocycles. The van der Waals surface area contributed by atoms with Gasteiger partial charge >= 0.3 is 0 Å². The Morgan fingerprint density at radius 2 is 1.45 bits per heavy atom. The average Bonchev–Trinajstić information content (AvgIpc) is 2.49. The van der Waals surface area contributed by atoms with E-state index < -0.39 is 0 Å². The van der Waals surface area contributed by atoms with Gasteiger partial charge in [0.05, 0.1) is 0 Å². The van der Waals surface area contributed by atoms with Gasteiger partial charge in [0.25, 0.3) is 0 Å². The quantitative estimate of drug-likeness (QED) is 0.729. The lowest BCUT2D eigenvalue weighted by Gasteiger charge is -2.17. The molecule has 0 aromatic heterocycles. The van der Waals surface area contributed by atoms with Crippen molar-refractivity contribution >= 4 is 15.9 Å². The lowest BCUT2D eigenvalue weighted by atomic mass is 9.99. The van der Waals surface area contributed by atoms with Crippen molar-refractivity contribution in [2.45, 2.75) is 32.7 Å². The SMILES string of the molecule is CCCNC(CC)c1ccc(-c2ccc(Br)cc2)cc1. The van der Waals surface area contributed by atoms with Crippen molar-refractivity contribution in [3.05, 3.63) is 58.6 Å². The molecule has 0 fully saturated rings. The summed E-state index contributed by atoms with van der Waals surface area (Å²) in [4.78, 5) is 0. The first-order valence-corrected chi connectivity index (χ1v) is 8.13. The number of hydrogen-bond acceptors (Lipinski definition) is 1. The van der Waals surface area contributed by atoms with Gasteiger partial charge in [-0.2, -0.15) is 0 Å². The highest BCUT2D eigenvalue weighted by atomic mass is 79.9. The molecule has 2 aromatic carbocycles. The van der Waals surface area contributed by atoms with E-state index in [-0.39, 0.29) is 0 Å². The van der Waals surface area contributed by atoms with Gasteiger partial charge in [-0.1, -0.05) is 66.2 Å². The molecule has 2 rings (SSSR count). The minimum atomic E-state index is 0.467. The maximum absolute atomic E-state index is 3.60. The minimum Gasteiger partial charge on any atom is -0.310 e. The standard InChI is InChI=1S/C18H22BrN/c1-3-13-20-18(4-2)16-7-5-14(6-8-16)15-9-11-17(19)12-10-15/h5-12,18,20H,3-4,13H2,1-2H3. The zero-order valence-electron chi connectivity index (χ0n) is 12.2. The monoisotopic (exact) mass is 331 g/mol. The molecule has 2 aromatic rings. The third-order valence-corrected chi connectivity index (χ3v) is 4.07. The molecule has 0 saturated heterocycles. The summed E-state index contributed by atoms with van der Waals surface area (Å²) >= 11 is 3.47. The van der Waals surface area contributed by atoms with Crippen molar-refractivity contribution in [1.29, 1.82) is 0 Å². The lowest BCUT2D eigenvalue weighted by Crippen LogP contribution is -2.21. The van der Waals surface area contributed by atoms with E-state index >= 15 is 0 Å². The molecule has 106 valence electrons. The summed E-state index contributed by atoms with van der Waals surface area (Å²) in [6, 6.07) is 17.8. The van der Waals surface area contributed by atoms with E-state index in [0.29, 0.717) is 6.04 Å². The molecule has 1 nitrogen and oxygen atoms in total. The maximum Gasteiger partial charge on any atom is 0.0317 e. The van der Waals surface area contributed by atoms with E-state index in [2.05, 4.69) is 83.6 Å². The number of hydrogen-bond donors (Lipinski definition) is 1. The second-order valence-electron chi connectivity index (χ2n) is 5.04. The minimum absolute atomic E-state index is 0.467. The Hall–Kier alpha value is -1.12. The van der Waals surface area contributed by atoms with Crippen LogP contribution in [-0.2, 0) is 0 Å². The fourth-order valence-electron chi connectivity index (χ4n) is 2.37. The van der Waals surface area contributed by atoms with Crippen LogP contribution < -0.4 is 5.32 Å². The molecule has 0 heterocycles. The van der Waals surface area contributed by atoms with Crippen LogP contribution in [0.1, 0.15) is 38.3 Å². The number of nitrogens with one attached hydrogen (secondary N) is 1. The summed E-state index contributed by atoms with van der Waals surface area (Å²) in [5.74, 6) is 0. The first-order chi connectivity index (χ1) is 9.74. The number of halogens is 1. The molecular weight excluding hydrogens is 310 g/mol. The van der Waals surface area contributed by atoms with E-state index in [1.165, 1.54) is 23.1 Å². The van der Waals surface area contributed by atoms with Crippen LogP contribution in [0.15, 0.2) is 53.0 Å². The third kappa shape index (κ3) is 3.94. The third-order valence-electron chi connectivity index (χ3n) is 3.54. The molecule has 0 bridgehead atoms. The Kier molecular flexibility index (Phi) is 5.81. The van der Waals surface area contributed by atoms with Crippen molar-refractivity contribution in [3.8, 4) is 11.1 Å². The van der Waals surface area contributed by atoms with Crippen LogP contribution >= 0.6 is 15.9 Å². The highest BCUT2D eigenvalue weighted by Crippen LogP contribution is 2.24. The van der Waals surface area contributed by atoms with E-state index in [4.69, 9.17) is 0 Å². The maximum atomic E-state index is 3.60. The second-order valence-corrected chi connectivity index (χ2v) is 5.96. The summed E-state index contributed by atoms with van der Waals surface area (Å²) < 4.78 is 1.12. The fourth-order valence-corrected chi connectivity index (χ4v) is 2.63. The predicted molar refractivity (Wildman–Crippen MR) is 90.9 cm³/mol. The first-order valence-electron chi connectivity index (χ1n) is 7.34. The van der Waals surface area contributed by atoms with Crippen LogP contribution in [-0.4, -0.2) is 6.54 Å². The van der Waals surface area contributed by atoms with E-state index in [9.17, 15) is 0 Å². The summed E-state index contributed by atoms with van der Waals surface area (Å²) in [6.07, 6.45) is 2.30. The molecule has 1 atom stereocenters. The van der Waals surface area contributed by atoms with Gasteiger partial charge in [0, 0.05) is 10.5 Å². The van der Waals surface area contributed by atoms with Crippen molar-refractivity contribution < 1.29 is 0 Å². The van der Waals surface area contributed by atoms with Crippen LogP contribution in [0.3, 0.4) is 0 Å². The molecule has 20 heavy (non-hydrogen) atoms. The summed E-state index contributed by atoms with van der Waals surface area (Å²) in [6.45, 7) is 5.51. The van der Waals surface area contributed by atoms with Gasteiger partial charge in [-0.25, -0.2) is 0 Å². The van der Waals surface area contributed by atoms with Crippen molar-refractivity contribution in [3.63, 3.8) is 0 Å². The molecular formula is C18H22BrN. The smallest absolute Gasteiger partial charge is 0.0317 e. The molecule has 0 radical (unpaired) electrons. The van der Waals surface area contributed by atoms with Gasteiger partial charge in [-0.15, -0.1) is 0 Å². The van der Waals surface area contributed by atoms with E-state index in [0.717, 1.165) is 17.4 Å². The fraction of sp³-hybridized carbons (Fsp3) is 0.333. The van der Waals surface area contributed by atoms with Crippen molar-refractivity contribution in [1.82, 2.24) is 5.32 Å². The van der Waals surface area contributed by atoms with Crippen LogP contribution in [0.25, 0.3) is 11.1 Å². The van der Waals surface area contributed by atoms with Crippen molar-refractivity contribution in [2.24, 2.45) is 0 Å². The number of benzene rings is 2. The topological polar surface area (TPSA) is 12.0 Å². The Morgan fingerprint density at radius 1 is 0.900 bits per heavy atom. The molecule has 0 aliphatic carbocycles. The van der Waals surface area contributed by atoms with Gasteiger partial charge in [0.15, 0.2) is 0 Å². The van der Waals surface area contributed by atoms with Gasteiger partial charge in [-0.05, 0) is 48.2 Å². The van der Waals surface area contributed by atoms with E-state index in [1.54, 1.807) is 0 Å². The van der Waals surface area contributed by atoms with Crippen LogP contribution in [0.4, 0.5) is 0 Å². The van der Waals surface area contributed by atoms with Crippen LogP contribution in [0, 0.1) is 0 Å². The normalized spacial score (nSPS) is 12.3. The number of rotatable bonds is 6. The molecule has 1 N–H and O–H groups in total. The first kappa shape index (κ1) is 15.3.